The van der Waals surface area contributed by atoms with Gasteiger partial charge in [-0.25, -0.2) is 5.43 Å². The van der Waals surface area contributed by atoms with Gasteiger partial charge in [0.25, 0.3) is 5.91 Å². The minimum atomic E-state index is -0.347. The molecule has 7 heteroatoms. The number of nitrogens with one attached hydrogen (secondary N) is 1. The third-order valence-corrected chi connectivity index (χ3v) is 5.47. The van der Waals surface area contributed by atoms with Crippen LogP contribution in [0.2, 0.25) is 10.0 Å². The molecule has 0 spiro atoms. The van der Waals surface area contributed by atoms with Gasteiger partial charge < -0.3 is 0 Å². The molecule has 3 aromatic rings. The molecule has 0 unspecified atom stereocenters. The van der Waals surface area contributed by atoms with Crippen LogP contribution in [0.1, 0.15) is 15.2 Å². The number of hydrogen-bond acceptors (Lipinski definition) is 3. The molecule has 1 heterocycles. The summed E-state index contributed by atoms with van der Waals surface area (Å²) in [6.07, 6.45) is 1.57. The van der Waals surface area contributed by atoms with E-state index in [2.05, 4.69) is 26.5 Å². The molecule has 1 N–H and O–H groups in total. The van der Waals surface area contributed by atoms with Crippen molar-refractivity contribution in [3.63, 3.8) is 0 Å². The number of carbonyl (C=O) groups is 1. The Hall–Kier alpha value is -1.40. The summed E-state index contributed by atoms with van der Waals surface area (Å²) in [5, 5.41) is 5.79. The molecule has 0 saturated heterocycles. The molecular formula is C16H9BrCl2N2OS. The molecule has 1 aromatic heterocycles. The van der Waals surface area contributed by atoms with E-state index >= 15 is 0 Å². The predicted octanol–water partition coefficient (Wildman–Crippen LogP) is 5.73. The molecule has 1 amide bonds. The first-order valence-corrected chi connectivity index (χ1v) is 8.87. The van der Waals surface area contributed by atoms with Gasteiger partial charge in [-0.05, 0) is 29.8 Å². The molecule has 0 atom stereocenters. The molecule has 0 aliphatic heterocycles. The molecular weight excluding hydrogens is 419 g/mol. The summed E-state index contributed by atoms with van der Waals surface area (Å²) < 4.78 is 1.85. The number of fused-ring (bicyclic) bond motifs is 1. The van der Waals surface area contributed by atoms with Crippen molar-refractivity contribution >= 4 is 72.7 Å². The molecule has 3 rings (SSSR count). The van der Waals surface area contributed by atoms with Gasteiger partial charge in [0.15, 0.2) is 0 Å². The number of carbonyl (C=O) groups excluding carboxylic acids is 1. The zero-order valence-corrected chi connectivity index (χ0v) is 15.4. The molecule has 0 bridgehead atoms. The Morgan fingerprint density at radius 2 is 1.91 bits per heavy atom. The molecule has 116 valence electrons. The highest BCUT2D eigenvalue weighted by molar-refractivity contribution is 9.10. The van der Waals surface area contributed by atoms with Gasteiger partial charge in [0.2, 0.25) is 0 Å². The highest BCUT2D eigenvalue weighted by Gasteiger charge is 2.16. The quantitative estimate of drug-likeness (QED) is 0.420. The second-order valence-electron chi connectivity index (χ2n) is 4.64. The first-order valence-electron chi connectivity index (χ1n) is 6.51. The fourth-order valence-electron chi connectivity index (χ4n) is 1.95. The Bertz CT molecular complexity index is 906. The average molecular weight is 428 g/mol. The SMILES string of the molecule is O=C(N/N=C/c1ccc(Br)cc1)c1sc2cc(Cl)ccc2c1Cl. The molecule has 0 saturated carbocycles. The van der Waals surface area contributed by atoms with Crippen molar-refractivity contribution in [2.45, 2.75) is 0 Å². The first-order chi connectivity index (χ1) is 11.0. The summed E-state index contributed by atoms with van der Waals surface area (Å²) in [4.78, 5) is 12.6. The smallest absolute Gasteiger partial charge is 0.266 e. The van der Waals surface area contributed by atoms with E-state index in [0.717, 1.165) is 20.1 Å². The second-order valence-corrected chi connectivity index (χ2v) is 7.42. The lowest BCUT2D eigenvalue weighted by atomic mass is 10.2. The molecule has 0 aliphatic rings. The van der Waals surface area contributed by atoms with Crippen molar-refractivity contribution in [2.24, 2.45) is 5.10 Å². The minimum absolute atomic E-state index is 0.347. The van der Waals surface area contributed by atoms with Crippen LogP contribution in [0.25, 0.3) is 10.1 Å². The van der Waals surface area contributed by atoms with Crippen molar-refractivity contribution in [1.82, 2.24) is 5.43 Å². The van der Waals surface area contributed by atoms with Crippen LogP contribution in [0.5, 0.6) is 0 Å². The van der Waals surface area contributed by atoms with Gasteiger partial charge in [-0.3, -0.25) is 4.79 Å². The number of hydrazone groups is 1. The monoisotopic (exact) mass is 426 g/mol. The van der Waals surface area contributed by atoms with Crippen LogP contribution in [-0.2, 0) is 0 Å². The predicted molar refractivity (Wildman–Crippen MR) is 101 cm³/mol. The fourth-order valence-corrected chi connectivity index (χ4v) is 3.90. The van der Waals surface area contributed by atoms with Gasteiger partial charge in [-0.15, -0.1) is 11.3 Å². The number of hydrogen-bond donors (Lipinski definition) is 1. The van der Waals surface area contributed by atoms with E-state index in [4.69, 9.17) is 23.2 Å². The molecule has 3 nitrogen and oxygen atoms in total. The van der Waals surface area contributed by atoms with Crippen LogP contribution in [0.15, 0.2) is 52.0 Å². The second kappa shape index (κ2) is 7.01. The third kappa shape index (κ3) is 3.75. The summed E-state index contributed by atoms with van der Waals surface area (Å²) in [6, 6.07) is 12.9. The van der Waals surface area contributed by atoms with Gasteiger partial charge in [-0.1, -0.05) is 57.3 Å². The lowest BCUT2D eigenvalue weighted by Crippen LogP contribution is -2.16. The standard InChI is InChI=1S/C16H9BrCl2N2OS/c17-10-3-1-9(2-4-10)8-20-21-16(22)15-14(19)12-6-5-11(18)7-13(12)23-15/h1-8H,(H,21,22)/b20-8+. The number of rotatable bonds is 3. The third-order valence-electron chi connectivity index (χ3n) is 3.05. The Morgan fingerprint density at radius 1 is 1.17 bits per heavy atom. The van der Waals surface area contributed by atoms with Crippen LogP contribution in [0.3, 0.4) is 0 Å². The maximum absolute atomic E-state index is 12.2. The van der Waals surface area contributed by atoms with Crippen molar-refractivity contribution in [3.8, 4) is 0 Å². The summed E-state index contributed by atoms with van der Waals surface area (Å²) in [5.41, 5.74) is 3.37. The first kappa shape index (κ1) is 16.5. The number of halogens is 3. The maximum Gasteiger partial charge on any atom is 0.283 e. The number of thiophene rings is 1. The van der Waals surface area contributed by atoms with Crippen molar-refractivity contribution in [3.05, 3.63) is 67.4 Å². The normalized spacial score (nSPS) is 11.3. The summed E-state index contributed by atoms with van der Waals surface area (Å²) in [6.45, 7) is 0. The fraction of sp³-hybridized carbons (Fsp3) is 0. The molecule has 0 fully saturated rings. The van der Waals surface area contributed by atoms with E-state index in [-0.39, 0.29) is 5.91 Å². The minimum Gasteiger partial charge on any atom is -0.266 e. The van der Waals surface area contributed by atoms with Gasteiger partial charge in [-0.2, -0.15) is 5.10 Å². The van der Waals surface area contributed by atoms with Gasteiger partial charge in [0.05, 0.1) is 11.2 Å². The maximum atomic E-state index is 12.2. The summed E-state index contributed by atoms with van der Waals surface area (Å²) in [5.74, 6) is -0.347. The Morgan fingerprint density at radius 3 is 2.65 bits per heavy atom. The van der Waals surface area contributed by atoms with Gasteiger partial charge >= 0.3 is 0 Å². The highest BCUT2D eigenvalue weighted by atomic mass is 79.9. The largest absolute Gasteiger partial charge is 0.283 e. The van der Waals surface area contributed by atoms with Gasteiger partial charge in [0.1, 0.15) is 4.88 Å². The molecule has 23 heavy (non-hydrogen) atoms. The number of benzene rings is 2. The van der Waals surface area contributed by atoms with E-state index in [0.29, 0.717) is 14.9 Å². The summed E-state index contributed by atoms with van der Waals surface area (Å²) in [7, 11) is 0. The lowest BCUT2D eigenvalue weighted by molar-refractivity contribution is 0.0959. The van der Waals surface area contributed by atoms with E-state index < -0.39 is 0 Å². The Kier molecular flexibility index (Phi) is 5.02. The molecule has 0 radical (unpaired) electrons. The number of amides is 1. The van der Waals surface area contributed by atoms with Gasteiger partial charge in [0, 0.05) is 19.6 Å². The topological polar surface area (TPSA) is 41.5 Å². The average Bonchev–Trinajstić information content (AvgIpc) is 2.85. The lowest BCUT2D eigenvalue weighted by Gasteiger charge is -1.97. The van der Waals surface area contributed by atoms with E-state index in [9.17, 15) is 4.79 Å². The molecule has 2 aromatic carbocycles. The Balaban J connectivity index is 1.78. The Labute approximate surface area is 155 Å². The zero-order valence-electron chi connectivity index (χ0n) is 11.5. The zero-order chi connectivity index (χ0) is 16.4. The van der Waals surface area contributed by atoms with Crippen molar-refractivity contribution in [2.75, 3.05) is 0 Å². The summed E-state index contributed by atoms with van der Waals surface area (Å²) >= 11 is 16.9. The van der Waals surface area contributed by atoms with E-state index in [1.165, 1.54) is 11.3 Å². The van der Waals surface area contributed by atoms with Crippen LogP contribution >= 0.6 is 50.5 Å². The molecule has 0 aliphatic carbocycles. The highest BCUT2D eigenvalue weighted by Crippen LogP contribution is 2.36. The van der Waals surface area contributed by atoms with E-state index in [1.54, 1.807) is 24.4 Å². The van der Waals surface area contributed by atoms with Crippen molar-refractivity contribution < 1.29 is 4.79 Å². The number of nitrogens with zero attached hydrogens (tertiary/aromatic N) is 1. The van der Waals surface area contributed by atoms with Crippen LogP contribution in [-0.4, -0.2) is 12.1 Å². The van der Waals surface area contributed by atoms with Crippen LogP contribution < -0.4 is 5.43 Å². The van der Waals surface area contributed by atoms with Crippen LogP contribution in [0.4, 0.5) is 0 Å². The van der Waals surface area contributed by atoms with E-state index in [1.807, 2.05) is 24.3 Å². The van der Waals surface area contributed by atoms with Crippen LogP contribution in [0, 0.1) is 0 Å². The van der Waals surface area contributed by atoms with Crippen molar-refractivity contribution in [1.29, 1.82) is 0 Å².